The Morgan fingerprint density at radius 2 is 1.44 bits per heavy atom. The van der Waals surface area contributed by atoms with Crippen LogP contribution in [0.1, 0.15) is 53.4 Å². The van der Waals surface area contributed by atoms with Gasteiger partial charge in [0.1, 0.15) is 11.9 Å². The van der Waals surface area contributed by atoms with E-state index in [-0.39, 0.29) is 46.5 Å². The van der Waals surface area contributed by atoms with Gasteiger partial charge < -0.3 is 43.0 Å². The minimum Gasteiger partial charge on any atom is -0.494 e. The van der Waals surface area contributed by atoms with Crippen molar-refractivity contribution in [3.8, 4) is 23.0 Å². The number of benzene rings is 3. The Balaban J connectivity index is 1.53. The number of ether oxygens (including phenoxy) is 8. The molecule has 5 atom stereocenters. The Hall–Kier alpha value is -4.51. The summed E-state index contributed by atoms with van der Waals surface area (Å²) in [6, 6.07) is 19.3. The van der Waals surface area contributed by atoms with E-state index >= 15 is 0 Å². The maximum atomic E-state index is 14.1. The smallest absolute Gasteiger partial charge is 0.283 e. The first kappa shape index (κ1) is 29.2. The molecule has 1 aliphatic carbocycles. The van der Waals surface area contributed by atoms with Crippen LogP contribution in [0.25, 0.3) is 0 Å². The Kier molecular flexibility index (Phi) is 7.03. The maximum Gasteiger partial charge on any atom is 0.283 e. The highest BCUT2D eigenvalue weighted by Crippen LogP contribution is 2.70. The van der Waals surface area contributed by atoms with E-state index in [1.165, 1.54) is 35.5 Å². The number of Topliss-reactive ketones (excluding diaryl/α,β-unsaturated/α-hetero) is 1. The summed E-state index contributed by atoms with van der Waals surface area (Å²) in [5.41, 5.74) is 0.786. The molecule has 0 fully saturated rings. The van der Waals surface area contributed by atoms with Crippen LogP contribution in [0.2, 0.25) is 0 Å². The quantitative estimate of drug-likeness (QED) is 0.373. The number of aliphatic hydroxyl groups excluding tert-OH is 1. The first-order valence-corrected chi connectivity index (χ1v) is 14.7. The van der Waals surface area contributed by atoms with Crippen molar-refractivity contribution in [2.75, 3.05) is 35.5 Å². The Morgan fingerprint density at radius 3 is 2.02 bits per heavy atom. The molecule has 0 saturated heterocycles. The molecule has 7 rings (SSSR count). The SMILES string of the molecule is COC1=C(OC)C2(OC)c3c(OC)c(OC)c4c(c3OC23OC(c2ccccc2)CC=C3C1=O)C(O)CC(c1ccccc1)O4. The summed E-state index contributed by atoms with van der Waals surface area (Å²) in [6.45, 7) is 0. The van der Waals surface area contributed by atoms with Crippen molar-refractivity contribution in [3.63, 3.8) is 0 Å². The molecule has 1 N–H and O–H groups in total. The van der Waals surface area contributed by atoms with E-state index in [2.05, 4.69) is 0 Å². The van der Waals surface area contributed by atoms with Gasteiger partial charge in [-0.2, -0.15) is 0 Å². The zero-order valence-electron chi connectivity index (χ0n) is 25.6. The zero-order valence-corrected chi connectivity index (χ0v) is 25.6. The summed E-state index contributed by atoms with van der Waals surface area (Å²) < 4.78 is 50.5. The molecule has 5 unspecified atom stereocenters. The van der Waals surface area contributed by atoms with Gasteiger partial charge in [0, 0.05) is 13.5 Å². The average molecular weight is 615 g/mol. The van der Waals surface area contributed by atoms with Gasteiger partial charge in [0.05, 0.1) is 57.3 Å². The molecule has 3 aliphatic heterocycles. The van der Waals surface area contributed by atoms with E-state index in [9.17, 15) is 9.90 Å². The highest BCUT2D eigenvalue weighted by molar-refractivity contribution is 6.11. The third-order valence-corrected chi connectivity index (χ3v) is 9.09. The van der Waals surface area contributed by atoms with Crippen molar-refractivity contribution in [2.45, 2.75) is 42.5 Å². The molecule has 10 heteroatoms. The van der Waals surface area contributed by atoms with Crippen LogP contribution < -0.4 is 18.9 Å². The van der Waals surface area contributed by atoms with Gasteiger partial charge in [0.2, 0.25) is 22.9 Å². The number of methoxy groups -OCH3 is 5. The molecule has 3 heterocycles. The van der Waals surface area contributed by atoms with Gasteiger partial charge in [-0.15, -0.1) is 0 Å². The molecule has 0 aromatic heterocycles. The first-order chi connectivity index (χ1) is 21.9. The summed E-state index contributed by atoms with van der Waals surface area (Å²) >= 11 is 0. The molecule has 0 radical (unpaired) electrons. The first-order valence-electron chi connectivity index (χ1n) is 14.7. The van der Waals surface area contributed by atoms with Crippen LogP contribution in [0, 0.1) is 0 Å². The Bertz CT molecular complexity index is 1720. The van der Waals surface area contributed by atoms with Gasteiger partial charge in [-0.3, -0.25) is 4.79 Å². The lowest BCUT2D eigenvalue weighted by Gasteiger charge is -2.49. The van der Waals surface area contributed by atoms with E-state index in [1.807, 2.05) is 60.7 Å². The van der Waals surface area contributed by atoms with Crippen molar-refractivity contribution < 1.29 is 47.8 Å². The number of fused-ring (bicyclic) bond motifs is 4. The van der Waals surface area contributed by atoms with E-state index in [0.29, 0.717) is 17.5 Å². The minimum absolute atomic E-state index is 0.0239. The van der Waals surface area contributed by atoms with Gasteiger partial charge in [0.15, 0.2) is 17.3 Å². The van der Waals surface area contributed by atoms with E-state index in [0.717, 1.165) is 11.1 Å². The van der Waals surface area contributed by atoms with Crippen LogP contribution >= 0.6 is 0 Å². The van der Waals surface area contributed by atoms with Crippen molar-refractivity contribution in [2.24, 2.45) is 0 Å². The second kappa shape index (κ2) is 10.8. The predicted molar refractivity (Wildman–Crippen MR) is 160 cm³/mol. The van der Waals surface area contributed by atoms with Crippen LogP contribution in [-0.2, 0) is 29.3 Å². The lowest BCUT2D eigenvalue weighted by Crippen LogP contribution is -2.63. The van der Waals surface area contributed by atoms with Gasteiger partial charge in [0.25, 0.3) is 5.79 Å². The number of allylic oxidation sites excluding steroid dienone is 1. The number of hydrogen-bond acceptors (Lipinski definition) is 10. The van der Waals surface area contributed by atoms with Gasteiger partial charge in [-0.1, -0.05) is 66.7 Å². The molecule has 0 bridgehead atoms. The predicted octanol–water partition coefficient (Wildman–Crippen LogP) is 5.37. The fraction of sp³-hybridized carbons (Fsp3) is 0.343. The molecular formula is C35H34O10. The maximum absolute atomic E-state index is 14.1. The number of ketones is 1. The lowest BCUT2D eigenvalue weighted by atomic mass is 9.72. The van der Waals surface area contributed by atoms with Gasteiger partial charge >= 0.3 is 0 Å². The second-order valence-corrected chi connectivity index (χ2v) is 11.2. The van der Waals surface area contributed by atoms with E-state index in [1.54, 1.807) is 6.08 Å². The Morgan fingerprint density at radius 1 is 0.800 bits per heavy atom. The van der Waals surface area contributed by atoms with Gasteiger partial charge in [-0.25, -0.2) is 0 Å². The zero-order chi connectivity index (χ0) is 31.5. The minimum atomic E-state index is -1.91. The molecule has 45 heavy (non-hydrogen) atoms. The van der Waals surface area contributed by atoms with Crippen molar-refractivity contribution in [3.05, 3.63) is 106 Å². The summed E-state index contributed by atoms with van der Waals surface area (Å²) in [7, 11) is 7.26. The molecule has 0 amide bonds. The number of hydrogen-bond donors (Lipinski definition) is 1. The highest BCUT2D eigenvalue weighted by Gasteiger charge is 2.76. The van der Waals surface area contributed by atoms with E-state index in [4.69, 9.17) is 37.9 Å². The van der Waals surface area contributed by atoms with E-state index < -0.39 is 35.5 Å². The normalized spacial score (nSPS) is 28.0. The molecule has 234 valence electrons. The summed E-state index contributed by atoms with van der Waals surface area (Å²) in [5, 5.41) is 11.8. The molecular weight excluding hydrogens is 580 g/mol. The van der Waals surface area contributed by atoms with Gasteiger partial charge in [-0.05, 0) is 17.5 Å². The van der Waals surface area contributed by atoms with Crippen LogP contribution in [0.5, 0.6) is 23.0 Å². The third kappa shape index (κ3) is 3.82. The largest absolute Gasteiger partial charge is 0.494 e. The number of rotatable bonds is 7. The fourth-order valence-corrected chi connectivity index (χ4v) is 7.20. The molecule has 0 saturated carbocycles. The van der Waals surface area contributed by atoms with Crippen molar-refractivity contribution in [1.82, 2.24) is 0 Å². The number of carbonyl (C=O) groups excluding carboxylic acids is 1. The molecule has 3 aromatic carbocycles. The van der Waals surface area contributed by atoms with Crippen LogP contribution in [0.4, 0.5) is 0 Å². The fourth-order valence-electron chi connectivity index (χ4n) is 7.20. The van der Waals surface area contributed by atoms with Crippen LogP contribution in [-0.4, -0.2) is 52.2 Å². The topological polar surface area (TPSA) is 111 Å². The second-order valence-electron chi connectivity index (χ2n) is 11.2. The third-order valence-electron chi connectivity index (χ3n) is 9.09. The molecule has 3 aromatic rings. The number of carbonyl (C=O) groups is 1. The van der Waals surface area contributed by atoms with Crippen LogP contribution in [0.3, 0.4) is 0 Å². The summed E-state index contributed by atoms with van der Waals surface area (Å²) in [4.78, 5) is 14.1. The van der Waals surface area contributed by atoms with Crippen LogP contribution in [0.15, 0.2) is 83.8 Å². The van der Waals surface area contributed by atoms with Crippen molar-refractivity contribution in [1.29, 1.82) is 0 Å². The summed E-state index contributed by atoms with van der Waals surface area (Å²) in [6.07, 6.45) is 0.328. The Labute approximate surface area is 260 Å². The summed E-state index contributed by atoms with van der Waals surface area (Å²) in [5.74, 6) is -1.56. The number of aliphatic hydroxyl groups is 1. The molecule has 10 nitrogen and oxygen atoms in total. The monoisotopic (exact) mass is 614 g/mol. The molecule has 4 aliphatic rings. The average Bonchev–Trinajstić information content (AvgIpc) is 3.37. The highest BCUT2D eigenvalue weighted by atomic mass is 16.7. The standard InChI is InChI=1S/C35H34O10/c1-38-30-26-28(25-22(36)18-24(20-14-10-7-11-15-20)43-29(25)32(30)40-3)45-35-21(16-17-23(44-35)19-12-8-6-9-13-19)27(37)31(39-2)33(41-4)34(26,35)42-5/h6-16,22-24,36H,17-18H2,1-5H3. The van der Waals surface area contributed by atoms with Crippen molar-refractivity contribution >= 4 is 5.78 Å². The molecule has 1 spiro atoms. The lowest BCUT2D eigenvalue weighted by molar-refractivity contribution is -0.281.